The fourth-order valence-electron chi connectivity index (χ4n) is 2.63. The van der Waals surface area contributed by atoms with Gasteiger partial charge in [-0.05, 0) is 42.5 Å². The molecular weight excluding hydrogens is 374 g/mol. The third-order valence-electron chi connectivity index (χ3n) is 4.13. The molecule has 0 radical (unpaired) electrons. The summed E-state index contributed by atoms with van der Waals surface area (Å²) in [4.78, 5) is 14.1. The molecule has 140 valence electrons. The second-order valence-electron chi connectivity index (χ2n) is 5.99. The van der Waals surface area contributed by atoms with Crippen molar-refractivity contribution in [2.75, 3.05) is 16.7 Å². The third kappa shape index (κ3) is 4.03. The highest BCUT2D eigenvalue weighted by Crippen LogP contribution is 2.21. The number of hydrogen-bond donors (Lipinski definition) is 1. The molecule has 1 amide bonds. The molecule has 0 bridgehead atoms. The molecule has 0 saturated carbocycles. The fourth-order valence-corrected chi connectivity index (χ4v) is 3.76. The van der Waals surface area contributed by atoms with Gasteiger partial charge in [-0.25, -0.2) is 8.42 Å². The van der Waals surface area contributed by atoms with Crippen molar-refractivity contribution in [2.24, 2.45) is 0 Å². The van der Waals surface area contributed by atoms with Gasteiger partial charge in [0.15, 0.2) is 0 Å². The van der Waals surface area contributed by atoms with Crippen LogP contribution in [0.5, 0.6) is 0 Å². The lowest BCUT2D eigenvalue weighted by Gasteiger charge is -2.18. The molecule has 3 aromatic rings. The molecule has 28 heavy (non-hydrogen) atoms. The monoisotopic (exact) mass is 391 g/mol. The molecule has 0 aliphatic rings. The predicted octanol–water partition coefficient (Wildman–Crippen LogP) is 3.64. The van der Waals surface area contributed by atoms with E-state index in [4.69, 9.17) is 5.26 Å². The Kier molecular flexibility index (Phi) is 5.43. The topological polar surface area (TPSA) is 90.3 Å². The van der Waals surface area contributed by atoms with Crippen molar-refractivity contribution in [2.45, 2.75) is 4.90 Å². The quantitative estimate of drug-likeness (QED) is 0.719. The summed E-state index contributed by atoms with van der Waals surface area (Å²) in [6.45, 7) is 0. The Morgan fingerprint density at radius 1 is 0.964 bits per heavy atom. The largest absolute Gasteiger partial charge is 0.311 e. The number of hydrogen-bond acceptors (Lipinski definition) is 4. The second kappa shape index (κ2) is 7.94. The highest BCUT2D eigenvalue weighted by atomic mass is 32.2. The van der Waals surface area contributed by atoms with Gasteiger partial charge in [0.2, 0.25) is 0 Å². The minimum absolute atomic E-state index is 0.0624. The number of rotatable bonds is 5. The minimum atomic E-state index is -3.96. The lowest BCUT2D eigenvalue weighted by atomic mass is 10.2. The number of nitrogens with one attached hydrogen (secondary N) is 1. The molecule has 0 aromatic heterocycles. The van der Waals surface area contributed by atoms with Crippen molar-refractivity contribution in [3.05, 3.63) is 90.0 Å². The Morgan fingerprint density at radius 2 is 1.64 bits per heavy atom. The van der Waals surface area contributed by atoms with Gasteiger partial charge in [0, 0.05) is 18.3 Å². The molecule has 0 aliphatic carbocycles. The van der Waals surface area contributed by atoms with Gasteiger partial charge in [-0.3, -0.25) is 9.52 Å². The number of para-hydroxylation sites is 2. The van der Waals surface area contributed by atoms with Gasteiger partial charge >= 0.3 is 0 Å². The predicted molar refractivity (Wildman–Crippen MR) is 108 cm³/mol. The first-order valence-electron chi connectivity index (χ1n) is 8.37. The second-order valence-corrected chi connectivity index (χ2v) is 7.67. The van der Waals surface area contributed by atoms with Crippen LogP contribution in [0.25, 0.3) is 0 Å². The molecule has 0 aliphatic heterocycles. The summed E-state index contributed by atoms with van der Waals surface area (Å²) in [5.41, 5.74) is 1.33. The number of carbonyl (C=O) groups excluding carboxylic acids is 1. The molecule has 6 nitrogen and oxygen atoms in total. The van der Waals surface area contributed by atoms with E-state index in [9.17, 15) is 13.2 Å². The van der Waals surface area contributed by atoms with E-state index < -0.39 is 10.0 Å². The maximum absolute atomic E-state index is 12.8. The van der Waals surface area contributed by atoms with E-state index in [1.807, 2.05) is 24.3 Å². The SMILES string of the molecule is CN(C(=O)c1cccc(S(=O)(=O)Nc2ccccc2C#N)c1)c1ccccc1. The van der Waals surface area contributed by atoms with Crippen LogP contribution >= 0.6 is 0 Å². The Labute approximate surface area is 163 Å². The van der Waals surface area contributed by atoms with E-state index in [0.29, 0.717) is 5.69 Å². The fraction of sp³-hybridized carbons (Fsp3) is 0.0476. The first-order valence-corrected chi connectivity index (χ1v) is 9.86. The standard InChI is InChI=1S/C21H17N3O3S/c1-24(18-10-3-2-4-11-18)21(25)16-9-7-12-19(14-16)28(26,27)23-20-13-6-5-8-17(20)15-22/h2-14,23H,1H3. The molecule has 0 fully saturated rings. The highest BCUT2D eigenvalue weighted by Gasteiger charge is 2.19. The van der Waals surface area contributed by atoms with Gasteiger partial charge in [0.1, 0.15) is 6.07 Å². The van der Waals surface area contributed by atoms with Crippen LogP contribution in [0.3, 0.4) is 0 Å². The van der Waals surface area contributed by atoms with Crippen molar-refractivity contribution in [1.82, 2.24) is 0 Å². The third-order valence-corrected chi connectivity index (χ3v) is 5.49. The van der Waals surface area contributed by atoms with Crippen LogP contribution < -0.4 is 9.62 Å². The van der Waals surface area contributed by atoms with Crippen molar-refractivity contribution >= 4 is 27.3 Å². The van der Waals surface area contributed by atoms with E-state index in [2.05, 4.69) is 4.72 Å². The molecule has 0 unspecified atom stereocenters. The zero-order valence-electron chi connectivity index (χ0n) is 15.0. The molecule has 0 heterocycles. The normalized spacial score (nSPS) is 10.7. The molecule has 0 spiro atoms. The summed E-state index contributed by atoms with van der Waals surface area (Å²) in [5.74, 6) is -0.333. The van der Waals surface area contributed by atoms with Crippen molar-refractivity contribution in [1.29, 1.82) is 5.26 Å². The Bertz CT molecular complexity index is 1150. The van der Waals surface area contributed by atoms with Crippen LogP contribution in [-0.2, 0) is 10.0 Å². The van der Waals surface area contributed by atoms with Gasteiger partial charge < -0.3 is 4.90 Å². The average molecular weight is 391 g/mol. The number of sulfonamides is 1. The summed E-state index contributed by atoms with van der Waals surface area (Å²) in [7, 11) is -2.34. The van der Waals surface area contributed by atoms with Gasteiger partial charge in [0.05, 0.1) is 16.1 Å². The van der Waals surface area contributed by atoms with Crippen molar-refractivity contribution in [3.63, 3.8) is 0 Å². The van der Waals surface area contributed by atoms with E-state index in [0.717, 1.165) is 0 Å². The highest BCUT2D eigenvalue weighted by molar-refractivity contribution is 7.92. The number of carbonyl (C=O) groups is 1. The maximum atomic E-state index is 12.8. The summed E-state index contributed by atoms with van der Waals surface area (Å²) >= 11 is 0. The Morgan fingerprint density at radius 3 is 2.36 bits per heavy atom. The van der Waals surface area contributed by atoms with Crippen LogP contribution in [-0.4, -0.2) is 21.4 Å². The van der Waals surface area contributed by atoms with Gasteiger partial charge in [-0.1, -0.05) is 36.4 Å². The Balaban J connectivity index is 1.90. The number of nitriles is 1. The molecular formula is C21H17N3O3S. The van der Waals surface area contributed by atoms with Crippen LogP contribution in [0.1, 0.15) is 15.9 Å². The smallest absolute Gasteiger partial charge is 0.261 e. The number of nitrogens with zero attached hydrogens (tertiary/aromatic N) is 2. The van der Waals surface area contributed by atoms with E-state index in [-0.39, 0.29) is 27.6 Å². The Hall–Kier alpha value is -3.63. The number of amides is 1. The van der Waals surface area contributed by atoms with Crippen molar-refractivity contribution < 1.29 is 13.2 Å². The van der Waals surface area contributed by atoms with E-state index >= 15 is 0 Å². The zero-order valence-corrected chi connectivity index (χ0v) is 15.8. The number of anilines is 2. The summed E-state index contributed by atoms with van der Waals surface area (Å²) in [6.07, 6.45) is 0. The molecule has 0 saturated heterocycles. The van der Waals surface area contributed by atoms with Crippen molar-refractivity contribution in [3.8, 4) is 6.07 Å². The summed E-state index contributed by atoms with van der Waals surface area (Å²) in [5, 5.41) is 9.14. The molecule has 1 N–H and O–H groups in total. The zero-order chi connectivity index (χ0) is 20.1. The van der Waals surface area contributed by atoms with Gasteiger partial charge in [-0.2, -0.15) is 5.26 Å². The summed E-state index contributed by atoms with van der Waals surface area (Å²) < 4.78 is 27.9. The molecule has 3 rings (SSSR count). The molecule has 0 atom stereocenters. The van der Waals surface area contributed by atoms with E-state index in [1.54, 1.807) is 37.4 Å². The lowest BCUT2D eigenvalue weighted by molar-refractivity contribution is 0.0993. The van der Waals surface area contributed by atoms with Crippen LogP contribution in [0.15, 0.2) is 83.8 Å². The minimum Gasteiger partial charge on any atom is -0.311 e. The van der Waals surface area contributed by atoms with Crippen LogP contribution in [0.4, 0.5) is 11.4 Å². The van der Waals surface area contributed by atoms with Crippen LogP contribution in [0.2, 0.25) is 0 Å². The lowest BCUT2D eigenvalue weighted by Crippen LogP contribution is -2.26. The molecule has 3 aromatic carbocycles. The maximum Gasteiger partial charge on any atom is 0.261 e. The van der Waals surface area contributed by atoms with Gasteiger partial charge in [0.25, 0.3) is 15.9 Å². The number of benzene rings is 3. The first-order chi connectivity index (χ1) is 13.4. The van der Waals surface area contributed by atoms with Crippen LogP contribution in [0, 0.1) is 11.3 Å². The molecule has 7 heteroatoms. The van der Waals surface area contributed by atoms with E-state index in [1.165, 1.54) is 35.2 Å². The first kappa shape index (κ1) is 19.1. The summed E-state index contributed by atoms with van der Waals surface area (Å²) in [6, 6.07) is 23.1. The average Bonchev–Trinajstić information content (AvgIpc) is 2.73. The van der Waals surface area contributed by atoms with Gasteiger partial charge in [-0.15, -0.1) is 0 Å².